The Bertz CT molecular complexity index is 469. The van der Waals surface area contributed by atoms with Gasteiger partial charge in [0.15, 0.2) is 0 Å². The molecule has 1 aromatic carbocycles. The van der Waals surface area contributed by atoms with Crippen LogP contribution in [0.4, 0.5) is 5.69 Å². The summed E-state index contributed by atoms with van der Waals surface area (Å²) in [5.41, 5.74) is 8.76. The Labute approximate surface area is 135 Å². The molecule has 2 aliphatic rings. The predicted molar refractivity (Wildman–Crippen MR) is 89.7 cm³/mol. The maximum atomic E-state index is 6.00. The Kier molecular flexibility index (Phi) is 5.16. The third kappa shape index (κ3) is 3.97. The van der Waals surface area contributed by atoms with Gasteiger partial charge in [-0.1, -0.05) is 22.0 Å². The third-order valence-electron chi connectivity index (χ3n) is 4.43. The van der Waals surface area contributed by atoms with Crippen molar-refractivity contribution in [3.63, 3.8) is 0 Å². The van der Waals surface area contributed by atoms with Gasteiger partial charge in [-0.25, -0.2) is 0 Å². The van der Waals surface area contributed by atoms with Crippen LogP contribution in [-0.2, 0) is 11.3 Å². The van der Waals surface area contributed by atoms with Crippen LogP contribution < -0.4 is 10.6 Å². The second kappa shape index (κ2) is 7.09. The van der Waals surface area contributed by atoms with Crippen LogP contribution in [-0.4, -0.2) is 50.3 Å². The summed E-state index contributed by atoms with van der Waals surface area (Å²) in [5.74, 6) is 0. The third-order valence-corrected chi connectivity index (χ3v) is 4.92. The molecule has 2 heterocycles. The number of nitrogens with two attached hydrogens (primary N) is 1. The smallest absolute Gasteiger partial charge is 0.0642 e. The summed E-state index contributed by atoms with van der Waals surface area (Å²) in [5, 5.41) is 0. The molecular formula is C16H24BrN3O. The first-order valence-corrected chi connectivity index (χ1v) is 8.61. The van der Waals surface area contributed by atoms with E-state index in [1.54, 1.807) is 0 Å². The predicted octanol–water partition coefficient (Wildman–Crippen LogP) is 2.21. The van der Waals surface area contributed by atoms with Gasteiger partial charge in [-0.3, -0.25) is 4.90 Å². The first-order chi connectivity index (χ1) is 10.2. The SMILES string of the molecule is NC1CCN(Cc2ccc(Br)cc2N2CCOCC2)CC1. The highest BCUT2D eigenvalue weighted by atomic mass is 79.9. The molecule has 2 aliphatic heterocycles. The van der Waals surface area contributed by atoms with Gasteiger partial charge >= 0.3 is 0 Å². The van der Waals surface area contributed by atoms with E-state index in [4.69, 9.17) is 10.5 Å². The number of ether oxygens (including phenoxy) is 1. The molecule has 0 atom stereocenters. The number of nitrogens with zero attached hydrogens (tertiary/aromatic N) is 2. The van der Waals surface area contributed by atoms with Crippen molar-refractivity contribution in [2.45, 2.75) is 25.4 Å². The maximum absolute atomic E-state index is 6.00. The first-order valence-electron chi connectivity index (χ1n) is 7.81. The van der Waals surface area contributed by atoms with Crippen molar-refractivity contribution >= 4 is 21.6 Å². The van der Waals surface area contributed by atoms with Crippen LogP contribution in [0.15, 0.2) is 22.7 Å². The van der Waals surface area contributed by atoms with E-state index >= 15 is 0 Å². The van der Waals surface area contributed by atoms with E-state index in [-0.39, 0.29) is 0 Å². The van der Waals surface area contributed by atoms with E-state index in [1.165, 1.54) is 11.3 Å². The molecule has 4 nitrogen and oxygen atoms in total. The number of hydrogen-bond acceptors (Lipinski definition) is 4. The van der Waals surface area contributed by atoms with Gasteiger partial charge in [0.2, 0.25) is 0 Å². The molecule has 5 heteroatoms. The number of benzene rings is 1. The number of halogens is 1. The van der Waals surface area contributed by atoms with Crippen molar-refractivity contribution < 1.29 is 4.74 Å². The van der Waals surface area contributed by atoms with E-state index < -0.39 is 0 Å². The Morgan fingerprint density at radius 3 is 2.57 bits per heavy atom. The topological polar surface area (TPSA) is 41.7 Å². The second-order valence-corrected chi connectivity index (χ2v) is 6.90. The van der Waals surface area contributed by atoms with Crippen LogP contribution in [0.1, 0.15) is 18.4 Å². The standard InChI is InChI=1S/C16H24BrN3O/c17-14-2-1-13(12-19-5-3-15(18)4-6-19)16(11-14)20-7-9-21-10-8-20/h1-2,11,15H,3-10,12,18H2. The quantitative estimate of drug-likeness (QED) is 0.904. The highest BCUT2D eigenvalue weighted by molar-refractivity contribution is 9.10. The van der Waals surface area contributed by atoms with Crippen LogP contribution in [0, 0.1) is 0 Å². The van der Waals surface area contributed by atoms with Crippen molar-refractivity contribution in [1.29, 1.82) is 0 Å². The first kappa shape index (κ1) is 15.3. The summed E-state index contributed by atoms with van der Waals surface area (Å²) in [6.45, 7) is 6.85. The van der Waals surface area contributed by atoms with E-state index in [2.05, 4.69) is 43.9 Å². The fraction of sp³-hybridized carbons (Fsp3) is 0.625. The minimum absolute atomic E-state index is 0.393. The average Bonchev–Trinajstić information content (AvgIpc) is 2.52. The van der Waals surface area contributed by atoms with E-state index in [0.717, 1.165) is 63.3 Å². The fourth-order valence-corrected chi connectivity index (χ4v) is 3.47. The molecule has 2 N–H and O–H groups in total. The lowest BCUT2D eigenvalue weighted by Crippen LogP contribution is -2.40. The molecule has 0 bridgehead atoms. The second-order valence-electron chi connectivity index (χ2n) is 5.99. The average molecular weight is 354 g/mol. The van der Waals surface area contributed by atoms with Gasteiger partial charge in [0, 0.05) is 35.8 Å². The summed E-state index contributed by atoms with van der Waals surface area (Å²) in [4.78, 5) is 4.97. The zero-order chi connectivity index (χ0) is 14.7. The zero-order valence-corrected chi connectivity index (χ0v) is 14.0. The summed E-state index contributed by atoms with van der Waals surface area (Å²) in [6.07, 6.45) is 2.23. The van der Waals surface area contributed by atoms with Gasteiger partial charge in [0.25, 0.3) is 0 Å². The Morgan fingerprint density at radius 2 is 1.86 bits per heavy atom. The number of morpholine rings is 1. The lowest BCUT2D eigenvalue weighted by atomic mass is 10.0. The normalized spacial score (nSPS) is 21.7. The minimum Gasteiger partial charge on any atom is -0.378 e. The van der Waals surface area contributed by atoms with Gasteiger partial charge < -0.3 is 15.4 Å². The van der Waals surface area contributed by atoms with Gasteiger partial charge in [0.05, 0.1) is 13.2 Å². The molecule has 2 saturated heterocycles. The number of hydrogen-bond donors (Lipinski definition) is 1. The van der Waals surface area contributed by atoms with Crippen molar-refractivity contribution in [1.82, 2.24) is 4.90 Å². The Balaban J connectivity index is 1.74. The summed E-state index contributed by atoms with van der Waals surface area (Å²) < 4.78 is 6.62. The molecule has 0 unspecified atom stereocenters. The van der Waals surface area contributed by atoms with Crippen molar-refractivity contribution in [3.05, 3.63) is 28.2 Å². The van der Waals surface area contributed by atoms with Gasteiger partial charge in [-0.15, -0.1) is 0 Å². The summed E-state index contributed by atoms with van der Waals surface area (Å²) >= 11 is 3.61. The molecular weight excluding hydrogens is 330 g/mol. The molecule has 3 rings (SSSR count). The van der Waals surface area contributed by atoms with Gasteiger partial charge in [0.1, 0.15) is 0 Å². The summed E-state index contributed by atoms with van der Waals surface area (Å²) in [7, 11) is 0. The molecule has 0 aliphatic carbocycles. The summed E-state index contributed by atoms with van der Waals surface area (Å²) in [6, 6.07) is 7.04. The molecule has 1 aromatic rings. The van der Waals surface area contributed by atoms with Crippen LogP contribution in [0.5, 0.6) is 0 Å². The molecule has 21 heavy (non-hydrogen) atoms. The number of likely N-dealkylation sites (tertiary alicyclic amines) is 1. The van der Waals surface area contributed by atoms with Gasteiger partial charge in [-0.2, -0.15) is 0 Å². The molecule has 0 saturated carbocycles. The van der Waals surface area contributed by atoms with Crippen LogP contribution in [0.25, 0.3) is 0 Å². The molecule has 0 amide bonds. The largest absolute Gasteiger partial charge is 0.378 e. The fourth-order valence-electron chi connectivity index (χ4n) is 3.12. The zero-order valence-electron chi connectivity index (χ0n) is 12.4. The lowest BCUT2D eigenvalue weighted by molar-refractivity contribution is 0.122. The monoisotopic (exact) mass is 353 g/mol. The molecule has 0 radical (unpaired) electrons. The lowest BCUT2D eigenvalue weighted by Gasteiger charge is -2.34. The minimum atomic E-state index is 0.393. The Morgan fingerprint density at radius 1 is 1.14 bits per heavy atom. The van der Waals surface area contributed by atoms with E-state index in [9.17, 15) is 0 Å². The number of anilines is 1. The maximum Gasteiger partial charge on any atom is 0.0642 e. The highest BCUT2D eigenvalue weighted by Crippen LogP contribution is 2.28. The van der Waals surface area contributed by atoms with Crippen molar-refractivity contribution in [2.75, 3.05) is 44.3 Å². The Hall–Kier alpha value is -0.620. The molecule has 116 valence electrons. The van der Waals surface area contributed by atoms with Crippen LogP contribution in [0.2, 0.25) is 0 Å². The van der Waals surface area contributed by atoms with Gasteiger partial charge in [-0.05, 0) is 43.6 Å². The van der Waals surface area contributed by atoms with Crippen LogP contribution >= 0.6 is 15.9 Å². The molecule has 0 spiro atoms. The molecule has 0 aromatic heterocycles. The number of piperidine rings is 1. The molecule has 2 fully saturated rings. The van der Waals surface area contributed by atoms with Crippen molar-refractivity contribution in [3.8, 4) is 0 Å². The van der Waals surface area contributed by atoms with Crippen LogP contribution in [0.3, 0.4) is 0 Å². The van der Waals surface area contributed by atoms with Crippen molar-refractivity contribution in [2.24, 2.45) is 5.73 Å². The van der Waals surface area contributed by atoms with E-state index in [0.29, 0.717) is 6.04 Å². The van der Waals surface area contributed by atoms with E-state index in [1.807, 2.05) is 0 Å². The highest BCUT2D eigenvalue weighted by Gasteiger charge is 2.20. The number of rotatable bonds is 3.